The Morgan fingerprint density at radius 1 is 1.19 bits per heavy atom. The van der Waals surface area contributed by atoms with Crippen molar-refractivity contribution in [2.24, 2.45) is 0 Å². The Balaban J connectivity index is 1.71. The van der Waals surface area contributed by atoms with E-state index in [2.05, 4.69) is 14.9 Å². The fraction of sp³-hybridized carbons (Fsp3) is 0.389. The van der Waals surface area contributed by atoms with E-state index in [0.717, 1.165) is 0 Å². The smallest absolute Gasteiger partial charge is 0.254 e. The minimum atomic E-state index is -0.0816. The summed E-state index contributed by atoms with van der Waals surface area (Å²) in [6, 6.07) is 5.09. The van der Waals surface area contributed by atoms with Gasteiger partial charge in [0.05, 0.1) is 18.7 Å². The third kappa shape index (κ3) is 3.83. The van der Waals surface area contributed by atoms with Gasteiger partial charge in [0.2, 0.25) is 5.95 Å². The number of anilines is 1. The Morgan fingerprint density at radius 2 is 1.88 bits per heavy atom. The minimum Gasteiger partial charge on any atom is -0.493 e. The zero-order chi connectivity index (χ0) is 18.5. The number of halogens is 1. The monoisotopic (exact) mass is 376 g/mol. The zero-order valence-corrected chi connectivity index (χ0v) is 15.6. The molecule has 7 nitrogen and oxygen atoms in total. The predicted molar refractivity (Wildman–Crippen MR) is 99.3 cm³/mol. The molecule has 0 saturated carbocycles. The molecule has 2 heterocycles. The number of methoxy groups -OCH3 is 1. The molecular formula is C18H21ClN4O3. The highest BCUT2D eigenvalue weighted by Crippen LogP contribution is 2.36. The average molecular weight is 377 g/mol. The van der Waals surface area contributed by atoms with Gasteiger partial charge >= 0.3 is 0 Å². The summed E-state index contributed by atoms with van der Waals surface area (Å²) in [7, 11) is 1.53. The Kier molecular flexibility index (Phi) is 5.78. The maximum absolute atomic E-state index is 12.9. The van der Waals surface area contributed by atoms with Crippen molar-refractivity contribution in [3.05, 3.63) is 41.2 Å². The van der Waals surface area contributed by atoms with E-state index in [4.69, 9.17) is 21.1 Å². The van der Waals surface area contributed by atoms with Crippen LogP contribution >= 0.6 is 11.6 Å². The Morgan fingerprint density at radius 3 is 2.50 bits per heavy atom. The van der Waals surface area contributed by atoms with E-state index in [1.807, 2.05) is 6.92 Å². The summed E-state index contributed by atoms with van der Waals surface area (Å²) in [6.07, 6.45) is 3.43. The molecule has 1 saturated heterocycles. The van der Waals surface area contributed by atoms with Gasteiger partial charge in [-0.1, -0.05) is 11.6 Å². The number of rotatable bonds is 5. The van der Waals surface area contributed by atoms with Crippen molar-refractivity contribution in [2.45, 2.75) is 6.92 Å². The molecule has 0 N–H and O–H groups in total. The van der Waals surface area contributed by atoms with Crippen LogP contribution in [0.15, 0.2) is 30.6 Å². The molecule has 3 rings (SSSR count). The van der Waals surface area contributed by atoms with Crippen molar-refractivity contribution < 1.29 is 14.3 Å². The summed E-state index contributed by atoms with van der Waals surface area (Å²) in [4.78, 5) is 25.2. The molecule has 0 bridgehead atoms. The highest BCUT2D eigenvalue weighted by Gasteiger charge is 2.25. The van der Waals surface area contributed by atoms with Gasteiger partial charge in [0.15, 0.2) is 11.5 Å². The van der Waals surface area contributed by atoms with E-state index in [0.29, 0.717) is 60.8 Å². The zero-order valence-electron chi connectivity index (χ0n) is 14.8. The maximum Gasteiger partial charge on any atom is 0.254 e. The maximum atomic E-state index is 12.9. The third-order valence-electron chi connectivity index (χ3n) is 4.17. The fourth-order valence-corrected chi connectivity index (χ4v) is 3.14. The number of hydrogen-bond acceptors (Lipinski definition) is 6. The highest BCUT2D eigenvalue weighted by molar-refractivity contribution is 6.32. The first-order valence-corrected chi connectivity index (χ1v) is 8.83. The molecule has 0 spiro atoms. The molecule has 0 atom stereocenters. The molecule has 1 aliphatic rings. The molecule has 0 unspecified atom stereocenters. The first kappa shape index (κ1) is 18.3. The van der Waals surface area contributed by atoms with Gasteiger partial charge in [-0.05, 0) is 25.1 Å². The van der Waals surface area contributed by atoms with Gasteiger partial charge in [-0.15, -0.1) is 0 Å². The molecule has 26 heavy (non-hydrogen) atoms. The fourth-order valence-electron chi connectivity index (χ4n) is 2.87. The minimum absolute atomic E-state index is 0.0816. The second kappa shape index (κ2) is 8.23. The number of benzene rings is 1. The van der Waals surface area contributed by atoms with Crippen molar-refractivity contribution in [2.75, 3.05) is 44.8 Å². The van der Waals surface area contributed by atoms with Crippen molar-refractivity contribution in [3.63, 3.8) is 0 Å². The molecule has 1 aliphatic heterocycles. The lowest BCUT2D eigenvalue weighted by atomic mass is 10.1. The number of carbonyl (C=O) groups is 1. The second-order valence-corrected chi connectivity index (χ2v) is 6.16. The van der Waals surface area contributed by atoms with Crippen LogP contribution < -0.4 is 14.4 Å². The van der Waals surface area contributed by atoms with Gasteiger partial charge in [0, 0.05) is 44.1 Å². The van der Waals surface area contributed by atoms with Crippen molar-refractivity contribution in [1.82, 2.24) is 14.9 Å². The highest BCUT2D eigenvalue weighted by atomic mass is 35.5. The van der Waals surface area contributed by atoms with E-state index in [-0.39, 0.29) is 5.91 Å². The van der Waals surface area contributed by atoms with Crippen LogP contribution in [0.3, 0.4) is 0 Å². The standard InChI is InChI=1S/C18H21ClN4O3/c1-3-26-16-14(19)11-13(12-15(16)25-2)17(24)22-7-9-23(10-8-22)18-20-5-4-6-21-18/h4-6,11-12H,3,7-10H2,1-2H3. The van der Waals surface area contributed by atoms with Gasteiger partial charge in [-0.25, -0.2) is 9.97 Å². The molecule has 2 aromatic rings. The van der Waals surface area contributed by atoms with E-state index in [9.17, 15) is 4.79 Å². The van der Waals surface area contributed by atoms with Crippen LogP contribution in [0.1, 0.15) is 17.3 Å². The van der Waals surface area contributed by atoms with Gasteiger partial charge in [-0.2, -0.15) is 0 Å². The molecular weight excluding hydrogens is 356 g/mol. The van der Waals surface area contributed by atoms with Crippen molar-refractivity contribution in [3.8, 4) is 11.5 Å². The van der Waals surface area contributed by atoms with Crippen LogP contribution in [0.4, 0.5) is 5.95 Å². The first-order chi connectivity index (χ1) is 12.6. The molecule has 1 fully saturated rings. The molecule has 8 heteroatoms. The molecule has 0 aliphatic carbocycles. The number of carbonyl (C=O) groups excluding carboxylic acids is 1. The Labute approximate surface area is 157 Å². The van der Waals surface area contributed by atoms with Gasteiger partial charge in [0.25, 0.3) is 5.91 Å². The summed E-state index contributed by atoms with van der Waals surface area (Å²) in [6.45, 7) is 4.86. The Hall–Kier alpha value is -2.54. The number of amides is 1. The SMILES string of the molecule is CCOc1c(Cl)cc(C(=O)N2CCN(c3ncccn3)CC2)cc1OC. The van der Waals surface area contributed by atoms with Crippen molar-refractivity contribution >= 4 is 23.5 Å². The Bertz CT molecular complexity index is 765. The molecule has 138 valence electrons. The summed E-state index contributed by atoms with van der Waals surface area (Å²) < 4.78 is 10.8. The lowest BCUT2D eigenvalue weighted by Crippen LogP contribution is -2.49. The lowest BCUT2D eigenvalue weighted by Gasteiger charge is -2.34. The van der Waals surface area contributed by atoms with Gasteiger partial charge < -0.3 is 19.3 Å². The summed E-state index contributed by atoms with van der Waals surface area (Å²) in [5, 5.41) is 0.367. The summed E-state index contributed by atoms with van der Waals surface area (Å²) in [5.41, 5.74) is 0.486. The van der Waals surface area contributed by atoms with Crippen LogP contribution in [0.25, 0.3) is 0 Å². The number of piperazine rings is 1. The second-order valence-electron chi connectivity index (χ2n) is 5.75. The van der Waals surface area contributed by atoms with Crippen LogP contribution in [-0.2, 0) is 0 Å². The average Bonchev–Trinajstić information content (AvgIpc) is 2.69. The topological polar surface area (TPSA) is 67.8 Å². The van der Waals surface area contributed by atoms with Crippen molar-refractivity contribution in [1.29, 1.82) is 0 Å². The third-order valence-corrected chi connectivity index (χ3v) is 4.45. The van der Waals surface area contributed by atoms with E-state index in [1.54, 1.807) is 35.5 Å². The van der Waals surface area contributed by atoms with Gasteiger partial charge in [0.1, 0.15) is 0 Å². The predicted octanol–water partition coefficient (Wildman–Crippen LogP) is 2.50. The molecule has 1 aromatic carbocycles. The number of nitrogens with zero attached hydrogens (tertiary/aromatic N) is 4. The van der Waals surface area contributed by atoms with Crippen LogP contribution in [-0.4, -0.2) is 60.7 Å². The quantitative estimate of drug-likeness (QED) is 0.798. The van der Waals surface area contributed by atoms with Crippen LogP contribution in [0.2, 0.25) is 5.02 Å². The first-order valence-electron chi connectivity index (χ1n) is 8.45. The normalized spacial score (nSPS) is 14.3. The van der Waals surface area contributed by atoms with E-state index >= 15 is 0 Å². The number of aromatic nitrogens is 2. The van der Waals surface area contributed by atoms with E-state index in [1.165, 1.54) is 7.11 Å². The van der Waals surface area contributed by atoms with E-state index < -0.39 is 0 Å². The molecule has 1 aromatic heterocycles. The van der Waals surface area contributed by atoms with Crippen LogP contribution in [0, 0.1) is 0 Å². The molecule has 1 amide bonds. The molecule has 0 radical (unpaired) electrons. The largest absolute Gasteiger partial charge is 0.493 e. The lowest BCUT2D eigenvalue weighted by molar-refractivity contribution is 0.0746. The summed E-state index contributed by atoms with van der Waals surface area (Å²) in [5.74, 6) is 1.52. The summed E-state index contributed by atoms with van der Waals surface area (Å²) >= 11 is 6.28. The number of hydrogen-bond donors (Lipinski definition) is 0. The number of ether oxygens (including phenoxy) is 2. The van der Waals surface area contributed by atoms with Crippen LogP contribution in [0.5, 0.6) is 11.5 Å². The van der Waals surface area contributed by atoms with Gasteiger partial charge in [-0.3, -0.25) is 4.79 Å².